The van der Waals surface area contributed by atoms with Crippen LogP contribution in [0.2, 0.25) is 0 Å². The van der Waals surface area contributed by atoms with Crippen LogP contribution in [0.3, 0.4) is 0 Å². The van der Waals surface area contributed by atoms with Crippen molar-refractivity contribution >= 4 is 5.69 Å². The number of anilines is 1. The lowest BCUT2D eigenvalue weighted by Crippen LogP contribution is -1.94. The van der Waals surface area contributed by atoms with Gasteiger partial charge in [-0.15, -0.1) is 0 Å². The molecule has 0 unspecified atom stereocenters. The van der Waals surface area contributed by atoms with Crippen LogP contribution in [0.5, 0.6) is 0 Å². The van der Waals surface area contributed by atoms with E-state index in [2.05, 4.69) is 9.97 Å². The zero-order chi connectivity index (χ0) is 9.26. The van der Waals surface area contributed by atoms with Crippen LogP contribution < -0.4 is 5.73 Å². The standard InChI is InChI=1S/C9H9N3O/c1-6-4-7(10)8(12-5-6)9-11-2-3-13-9/h2-5H,10H2,1H3. The monoisotopic (exact) mass is 175 g/mol. The molecule has 0 aromatic carbocycles. The fourth-order valence-electron chi connectivity index (χ4n) is 1.11. The molecule has 0 spiro atoms. The molecule has 0 aliphatic carbocycles. The first kappa shape index (κ1) is 7.79. The van der Waals surface area contributed by atoms with Gasteiger partial charge in [-0.05, 0) is 18.6 Å². The van der Waals surface area contributed by atoms with E-state index in [1.165, 1.54) is 6.26 Å². The summed E-state index contributed by atoms with van der Waals surface area (Å²) >= 11 is 0. The van der Waals surface area contributed by atoms with E-state index in [-0.39, 0.29) is 0 Å². The number of hydrogen-bond acceptors (Lipinski definition) is 4. The Kier molecular flexibility index (Phi) is 1.73. The van der Waals surface area contributed by atoms with E-state index in [9.17, 15) is 0 Å². The van der Waals surface area contributed by atoms with E-state index in [1.54, 1.807) is 12.4 Å². The Labute approximate surface area is 75.4 Å². The minimum atomic E-state index is 0.456. The van der Waals surface area contributed by atoms with Gasteiger partial charge in [0.2, 0.25) is 5.89 Å². The Hall–Kier alpha value is -1.84. The summed E-state index contributed by atoms with van der Waals surface area (Å²) in [6, 6.07) is 1.84. The molecule has 13 heavy (non-hydrogen) atoms. The van der Waals surface area contributed by atoms with Gasteiger partial charge in [0.15, 0.2) is 0 Å². The van der Waals surface area contributed by atoms with E-state index < -0.39 is 0 Å². The van der Waals surface area contributed by atoms with Gasteiger partial charge in [0.1, 0.15) is 12.0 Å². The third-order valence-corrected chi connectivity index (χ3v) is 1.69. The minimum absolute atomic E-state index is 0.456. The maximum atomic E-state index is 5.75. The summed E-state index contributed by atoms with van der Waals surface area (Å²) in [6.07, 6.45) is 4.79. The second-order valence-electron chi connectivity index (χ2n) is 2.79. The Bertz CT molecular complexity index is 409. The van der Waals surface area contributed by atoms with Crippen molar-refractivity contribution in [1.82, 2.24) is 9.97 Å². The molecule has 2 aromatic rings. The van der Waals surface area contributed by atoms with Crippen molar-refractivity contribution in [2.45, 2.75) is 6.92 Å². The first-order chi connectivity index (χ1) is 6.27. The van der Waals surface area contributed by atoms with Gasteiger partial charge in [0.05, 0.1) is 11.9 Å². The molecule has 0 saturated heterocycles. The largest absolute Gasteiger partial charge is 0.443 e. The van der Waals surface area contributed by atoms with Crippen molar-refractivity contribution in [1.29, 1.82) is 0 Å². The molecular weight excluding hydrogens is 166 g/mol. The van der Waals surface area contributed by atoms with Crippen molar-refractivity contribution < 1.29 is 4.42 Å². The van der Waals surface area contributed by atoms with Crippen LogP contribution in [0.15, 0.2) is 29.1 Å². The molecule has 2 aromatic heterocycles. The number of hydrogen-bond donors (Lipinski definition) is 1. The molecule has 0 atom stereocenters. The highest BCUT2D eigenvalue weighted by molar-refractivity contribution is 5.66. The molecule has 0 saturated carbocycles. The van der Waals surface area contributed by atoms with Crippen LogP contribution in [-0.2, 0) is 0 Å². The van der Waals surface area contributed by atoms with Gasteiger partial charge < -0.3 is 10.2 Å². The maximum absolute atomic E-state index is 5.75. The molecule has 0 radical (unpaired) electrons. The predicted molar refractivity (Wildman–Crippen MR) is 48.9 cm³/mol. The van der Waals surface area contributed by atoms with Gasteiger partial charge in [-0.1, -0.05) is 0 Å². The number of rotatable bonds is 1. The van der Waals surface area contributed by atoms with Crippen LogP contribution >= 0.6 is 0 Å². The molecule has 4 nitrogen and oxygen atoms in total. The third-order valence-electron chi connectivity index (χ3n) is 1.69. The molecule has 66 valence electrons. The number of oxazole rings is 1. The number of pyridine rings is 1. The first-order valence-electron chi connectivity index (χ1n) is 3.89. The fraction of sp³-hybridized carbons (Fsp3) is 0.111. The SMILES string of the molecule is Cc1cnc(-c2ncco2)c(N)c1. The number of nitrogen functional groups attached to an aromatic ring is 1. The normalized spacial score (nSPS) is 10.2. The lowest BCUT2D eigenvalue weighted by molar-refractivity contribution is 0.572. The lowest BCUT2D eigenvalue weighted by Gasteiger charge is -2.00. The van der Waals surface area contributed by atoms with E-state index in [4.69, 9.17) is 10.2 Å². The van der Waals surface area contributed by atoms with Gasteiger partial charge >= 0.3 is 0 Å². The van der Waals surface area contributed by atoms with Crippen molar-refractivity contribution in [3.63, 3.8) is 0 Å². The smallest absolute Gasteiger partial charge is 0.247 e. The van der Waals surface area contributed by atoms with Crippen molar-refractivity contribution in [2.75, 3.05) is 5.73 Å². The van der Waals surface area contributed by atoms with E-state index in [0.717, 1.165) is 5.56 Å². The molecule has 0 aliphatic rings. The van der Waals surface area contributed by atoms with Crippen LogP contribution in [0.25, 0.3) is 11.6 Å². The maximum Gasteiger partial charge on any atom is 0.247 e. The highest BCUT2D eigenvalue weighted by Crippen LogP contribution is 2.21. The summed E-state index contributed by atoms with van der Waals surface area (Å²) in [6.45, 7) is 1.93. The van der Waals surface area contributed by atoms with Gasteiger partial charge in [0, 0.05) is 6.20 Å². The summed E-state index contributed by atoms with van der Waals surface area (Å²) in [7, 11) is 0. The Morgan fingerprint density at radius 2 is 2.23 bits per heavy atom. The van der Waals surface area contributed by atoms with Crippen molar-refractivity contribution in [2.24, 2.45) is 0 Å². The molecule has 0 aliphatic heterocycles. The summed E-state index contributed by atoms with van der Waals surface area (Å²) in [5, 5.41) is 0. The summed E-state index contributed by atoms with van der Waals surface area (Å²) in [4.78, 5) is 8.11. The van der Waals surface area contributed by atoms with Gasteiger partial charge in [-0.2, -0.15) is 0 Å². The molecule has 2 N–H and O–H groups in total. The second kappa shape index (κ2) is 2.90. The molecule has 4 heteroatoms. The van der Waals surface area contributed by atoms with E-state index in [0.29, 0.717) is 17.3 Å². The van der Waals surface area contributed by atoms with Crippen molar-refractivity contribution in [3.05, 3.63) is 30.3 Å². The van der Waals surface area contributed by atoms with Crippen LogP contribution in [-0.4, -0.2) is 9.97 Å². The van der Waals surface area contributed by atoms with Crippen LogP contribution in [0.1, 0.15) is 5.56 Å². The molecule has 2 heterocycles. The quantitative estimate of drug-likeness (QED) is 0.715. The Balaban J connectivity index is 2.53. The lowest BCUT2D eigenvalue weighted by atomic mass is 10.2. The number of nitrogens with zero attached hydrogens (tertiary/aromatic N) is 2. The molecule has 0 amide bonds. The summed E-state index contributed by atoms with van der Waals surface area (Å²) < 4.78 is 5.09. The summed E-state index contributed by atoms with van der Waals surface area (Å²) in [5.41, 5.74) is 7.95. The number of nitrogens with two attached hydrogens (primary N) is 1. The molecule has 0 bridgehead atoms. The highest BCUT2D eigenvalue weighted by Gasteiger charge is 2.07. The Morgan fingerprint density at radius 3 is 2.85 bits per heavy atom. The predicted octanol–water partition coefficient (Wildman–Crippen LogP) is 1.63. The number of aromatic nitrogens is 2. The Morgan fingerprint density at radius 1 is 1.38 bits per heavy atom. The number of aryl methyl sites for hydroxylation is 1. The van der Waals surface area contributed by atoms with E-state index in [1.807, 2.05) is 13.0 Å². The summed E-state index contributed by atoms with van der Waals surface area (Å²) in [5.74, 6) is 0.456. The van der Waals surface area contributed by atoms with Gasteiger partial charge in [0.25, 0.3) is 0 Å². The topological polar surface area (TPSA) is 64.9 Å². The minimum Gasteiger partial charge on any atom is -0.443 e. The average molecular weight is 175 g/mol. The molecule has 0 fully saturated rings. The average Bonchev–Trinajstić information content (AvgIpc) is 2.56. The molecular formula is C9H9N3O. The fourth-order valence-corrected chi connectivity index (χ4v) is 1.11. The van der Waals surface area contributed by atoms with Gasteiger partial charge in [-0.3, -0.25) is 0 Å². The van der Waals surface area contributed by atoms with E-state index >= 15 is 0 Å². The van der Waals surface area contributed by atoms with Crippen LogP contribution in [0.4, 0.5) is 5.69 Å². The van der Waals surface area contributed by atoms with Gasteiger partial charge in [-0.25, -0.2) is 9.97 Å². The second-order valence-corrected chi connectivity index (χ2v) is 2.79. The molecule has 2 rings (SSSR count). The van der Waals surface area contributed by atoms with Crippen molar-refractivity contribution in [3.8, 4) is 11.6 Å². The first-order valence-corrected chi connectivity index (χ1v) is 3.89. The zero-order valence-corrected chi connectivity index (χ0v) is 7.19. The third kappa shape index (κ3) is 1.38. The van der Waals surface area contributed by atoms with Crippen LogP contribution in [0, 0.1) is 6.92 Å². The highest BCUT2D eigenvalue weighted by atomic mass is 16.3. The zero-order valence-electron chi connectivity index (χ0n) is 7.19.